The molecule has 0 spiro atoms. The van der Waals surface area contributed by atoms with Crippen molar-refractivity contribution in [2.24, 2.45) is 0 Å². The lowest BCUT2D eigenvalue weighted by Gasteiger charge is -2.31. The van der Waals surface area contributed by atoms with Crippen LogP contribution in [0.1, 0.15) is 30.1 Å². The van der Waals surface area contributed by atoms with Crippen LogP contribution in [0.2, 0.25) is 0 Å². The van der Waals surface area contributed by atoms with Gasteiger partial charge in [0, 0.05) is 25.3 Å². The molecule has 0 bridgehead atoms. The summed E-state index contributed by atoms with van der Waals surface area (Å²) in [4.78, 5) is 29.0. The SMILES string of the molecule is CCOC(=O)N1CCC(NC(=O)c2ccncc2O)CC1. The standard InChI is InChI=1S/C14H19N3O4/c1-2-21-14(20)17-7-4-10(5-8-17)16-13(19)11-3-6-15-9-12(11)18/h3,6,9-10,18H,2,4-5,7-8H2,1H3,(H,16,19). The van der Waals surface area contributed by atoms with Crippen molar-refractivity contribution in [2.45, 2.75) is 25.8 Å². The van der Waals surface area contributed by atoms with Crippen LogP contribution in [-0.2, 0) is 4.74 Å². The smallest absolute Gasteiger partial charge is 0.409 e. The summed E-state index contributed by atoms with van der Waals surface area (Å²) in [5.74, 6) is -0.469. The van der Waals surface area contributed by atoms with Crippen LogP contribution in [0.5, 0.6) is 5.75 Å². The van der Waals surface area contributed by atoms with E-state index < -0.39 is 0 Å². The van der Waals surface area contributed by atoms with E-state index in [2.05, 4.69) is 10.3 Å². The average molecular weight is 293 g/mol. The summed E-state index contributed by atoms with van der Waals surface area (Å²) in [6.45, 7) is 3.22. The zero-order chi connectivity index (χ0) is 15.2. The van der Waals surface area contributed by atoms with Gasteiger partial charge in [-0.15, -0.1) is 0 Å². The Morgan fingerprint density at radius 3 is 2.81 bits per heavy atom. The minimum Gasteiger partial charge on any atom is -0.505 e. The topological polar surface area (TPSA) is 91.8 Å². The van der Waals surface area contributed by atoms with E-state index in [1.807, 2.05) is 0 Å². The molecule has 7 heteroatoms. The maximum Gasteiger partial charge on any atom is 0.409 e. The Hall–Kier alpha value is -2.31. The van der Waals surface area contributed by atoms with Crippen molar-refractivity contribution in [2.75, 3.05) is 19.7 Å². The number of aromatic nitrogens is 1. The molecule has 2 amide bonds. The van der Waals surface area contributed by atoms with E-state index in [9.17, 15) is 14.7 Å². The van der Waals surface area contributed by atoms with E-state index in [0.29, 0.717) is 32.5 Å². The van der Waals surface area contributed by atoms with Crippen LogP contribution in [0.25, 0.3) is 0 Å². The second-order valence-electron chi connectivity index (χ2n) is 4.83. The summed E-state index contributed by atoms with van der Waals surface area (Å²) in [5.41, 5.74) is 0.206. The molecule has 21 heavy (non-hydrogen) atoms. The summed E-state index contributed by atoms with van der Waals surface area (Å²) in [6.07, 6.45) is 3.71. The quantitative estimate of drug-likeness (QED) is 0.872. The fourth-order valence-electron chi connectivity index (χ4n) is 2.26. The first-order valence-electron chi connectivity index (χ1n) is 6.97. The summed E-state index contributed by atoms with van der Waals surface area (Å²) in [7, 11) is 0. The average Bonchev–Trinajstić information content (AvgIpc) is 2.48. The van der Waals surface area contributed by atoms with E-state index in [1.54, 1.807) is 11.8 Å². The Morgan fingerprint density at radius 2 is 2.19 bits per heavy atom. The van der Waals surface area contributed by atoms with Crippen molar-refractivity contribution in [1.82, 2.24) is 15.2 Å². The third-order valence-electron chi connectivity index (χ3n) is 3.40. The normalized spacial score (nSPS) is 15.6. The molecule has 1 aromatic heterocycles. The molecule has 1 aliphatic rings. The first-order valence-corrected chi connectivity index (χ1v) is 6.97. The lowest BCUT2D eigenvalue weighted by molar-refractivity contribution is 0.0858. The van der Waals surface area contributed by atoms with Crippen LogP contribution >= 0.6 is 0 Å². The number of nitrogens with one attached hydrogen (secondary N) is 1. The van der Waals surface area contributed by atoms with Crippen molar-refractivity contribution in [3.05, 3.63) is 24.0 Å². The van der Waals surface area contributed by atoms with Gasteiger partial charge in [0.25, 0.3) is 5.91 Å². The monoisotopic (exact) mass is 293 g/mol. The summed E-state index contributed by atoms with van der Waals surface area (Å²) >= 11 is 0. The van der Waals surface area contributed by atoms with E-state index in [0.717, 1.165) is 0 Å². The first kappa shape index (κ1) is 15.1. The Morgan fingerprint density at radius 1 is 1.48 bits per heavy atom. The fourth-order valence-corrected chi connectivity index (χ4v) is 2.26. The molecule has 7 nitrogen and oxygen atoms in total. The number of pyridine rings is 1. The second-order valence-corrected chi connectivity index (χ2v) is 4.83. The van der Waals surface area contributed by atoms with Gasteiger partial charge in [-0.1, -0.05) is 0 Å². The predicted octanol–water partition coefficient (Wildman–Crippen LogP) is 1.14. The van der Waals surface area contributed by atoms with Gasteiger partial charge < -0.3 is 20.1 Å². The molecule has 2 heterocycles. The third-order valence-corrected chi connectivity index (χ3v) is 3.40. The number of likely N-dealkylation sites (tertiary alicyclic amines) is 1. The van der Waals surface area contributed by atoms with Crippen molar-refractivity contribution in [1.29, 1.82) is 0 Å². The van der Waals surface area contributed by atoms with Crippen molar-refractivity contribution in [3.63, 3.8) is 0 Å². The van der Waals surface area contributed by atoms with E-state index in [-0.39, 0.29) is 29.4 Å². The summed E-state index contributed by atoms with van der Waals surface area (Å²) in [5, 5.41) is 12.5. The highest BCUT2D eigenvalue weighted by atomic mass is 16.6. The molecular formula is C14H19N3O4. The molecule has 0 radical (unpaired) electrons. The highest BCUT2D eigenvalue weighted by Gasteiger charge is 2.25. The van der Waals surface area contributed by atoms with Crippen LogP contribution < -0.4 is 5.32 Å². The van der Waals surface area contributed by atoms with Gasteiger partial charge in [-0.05, 0) is 25.8 Å². The number of carbonyl (C=O) groups excluding carboxylic acids is 2. The molecule has 0 aromatic carbocycles. The Balaban J connectivity index is 1.85. The van der Waals surface area contributed by atoms with Crippen LogP contribution in [0.15, 0.2) is 18.5 Å². The second kappa shape index (κ2) is 6.92. The van der Waals surface area contributed by atoms with Gasteiger partial charge in [-0.2, -0.15) is 0 Å². The molecular weight excluding hydrogens is 274 g/mol. The third kappa shape index (κ3) is 3.84. The Labute approximate surface area is 122 Å². The Bertz CT molecular complexity index is 513. The molecule has 1 saturated heterocycles. The molecule has 2 rings (SSSR count). The number of rotatable bonds is 3. The molecule has 2 N–H and O–H groups in total. The van der Waals surface area contributed by atoms with Crippen molar-refractivity contribution in [3.8, 4) is 5.75 Å². The molecule has 1 aromatic rings. The maximum atomic E-state index is 12.0. The van der Waals surface area contributed by atoms with E-state index in [4.69, 9.17) is 4.74 Å². The zero-order valence-electron chi connectivity index (χ0n) is 11.9. The predicted molar refractivity (Wildman–Crippen MR) is 75.0 cm³/mol. The number of ether oxygens (including phenoxy) is 1. The Kier molecular flexibility index (Phi) is 4.97. The maximum absolute atomic E-state index is 12.0. The van der Waals surface area contributed by atoms with E-state index >= 15 is 0 Å². The van der Waals surface area contributed by atoms with Gasteiger partial charge in [-0.25, -0.2) is 4.79 Å². The highest BCUT2D eigenvalue weighted by Crippen LogP contribution is 2.16. The lowest BCUT2D eigenvalue weighted by Crippen LogP contribution is -2.46. The number of nitrogens with zero attached hydrogens (tertiary/aromatic N) is 2. The minimum atomic E-state index is -0.329. The van der Waals surface area contributed by atoms with Gasteiger partial charge in [0.05, 0.1) is 18.4 Å². The van der Waals surface area contributed by atoms with Crippen LogP contribution in [0.4, 0.5) is 4.79 Å². The van der Waals surface area contributed by atoms with Crippen molar-refractivity contribution >= 4 is 12.0 Å². The number of hydrogen-bond acceptors (Lipinski definition) is 5. The lowest BCUT2D eigenvalue weighted by atomic mass is 10.0. The van der Waals surface area contributed by atoms with Crippen molar-refractivity contribution < 1.29 is 19.4 Å². The van der Waals surface area contributed by atoms with Crippen LogP contribution in [-0.4, -0.2) is 52.7 Å². The van der Waals surface area contributed by atoms with Gasteiger partial charge in [0.15, 0.2) is 0 Å². The largest absolute Gasteiger partial charge is 0.505 e. The van der Waals surface area contributed by atoms with Gasteiger partial charge in [-0.3, -0.25) is 9.78 Å². The molecule has 0 saturated carbocycles. The first-order chi connectivity index (χ1) is 10.1. The molecule has 0 unspecified atom stereocenters. The molecule has 114 valence electrons. The number of hydrogen-bond donors (Lipinski definition) is 2. The summed E-state index contributed by atoms with van der Waals surface area (Å²) in [6, 6.07) is 1.45. The molecule has 0 aliphatic carbocycles. The summed E-state index contributed by atoms with van der Waals surface area (Å²) < 4.78 is 4.94. The highest BCUT2D eigenvalue weighted by molar-refractivity contribution is 5.96. The van der Waals surface area contributed by atoms with Gasteiger partial charge in [0.1, 0.15) is 5.75 Å². The number of amides is 2. The van der Waals surface area contributed by atoms with Gasteiger partial charge >= 0.3 is 6.09 Å². The number of piperidine rings is 1. The molecule has 1 aliphatic heterocycles. The zero-order valence-corrected chi connectivity index (χ0v) is 11.9. The molecule has 1 fully saturated rings. The fraction of sp³-hybridized carbons (Fsp3) is 0.500. The molecule has 0 atom stereocenters. The van der Waals surface area contributed by atoms with Crippen LogP contribution in [0, 0.1) is 0 Å². The number of carbonyl (C=O) groups is 2. The number of aromatic hydroxyl groups is 1. The minimum absolute atomic E-state index is 0.0178. The van der Waals surface area contributed by atoms with Gasteiger partial charge in [0.2, 0.25) is 0 Å². The van der Waals surface area contributed by atoms with Crippen LogP contribution in [0.3, 0.4) is 0 Å². The van der Waals surface area contributed by atoms with E-state index in [1.165, 1.54) is 18.5 Å².